The Balaban J connectivity index is 1.18. The lowest BCUT2D eigenvalue weighted by Gasteiger charge is -2.17. The van der Waals surface area contributed by atoms with Crippen LogP contribution in [-0.2, 0) is 0 Å². The minimum Gasteiger partial charge on any atom is -0.355 e. The van der Waals surface area contributed by atoms with Crippen molar-refractivity contribution < 1.29 is 0 Å². The second kappa shape index (κ2) is 12.6. The summed E-state index contributed by atoms with van der Waals surface area (Å²) in [6, 6.07) is 63.9. The number of hydrogen-bond donors (Lipinski definition) is 2. The van der Waals surface area contributed by atoms with Crippen molar-refractivity contribution in [1.82, 2.24) is 0 Å². The van der Waals surface area contributed by atoms with E-state index < -0.39 is 0 Å². The van der Waals surface area contributed by atoms with E-state index in [1.54, 1.807) is 0 Å². The number of para-hydroxylation sites is 4. The lowest BCUT2D eigenvalue weighted by Crippen LogP contribution is -1.96. The van der Waals surface area contributed by atoms with E-state index in [1.807, 2.05) is 0 Å². The lowest BCUT2D eigenvalue weighted by atomic mass is 9.97. The smallest absolute Gasteiger partial charge is 0.0464 e. The number of rotatable bonds is 8. The molecule has 2 N–H and O–H groups in total. The number of anilines is 4. The van der Waals surface area contributed by atoms with Gasteiger partial charge >= 0.3 is 0 Å². The normalized spacial score (nSPS) is 10.7. The fourth-order valence-electron chi connectivity index (χ4n) is 5.73. The van der Waals surface area contributed by atoms with Crippen LogP contribution in [0.3, 0.4) is 0 Å². The van der Waals surface area contributed by atoms with Crippen molar-refractivity contribution in [2.75, 3.05) is 10.6 Å². The van der Waals surface area contributed by atoms with Gasteiger partial charge in [0.15, 0.2) is 0 Å². The fraction of sp³-hybridized carbons (Fsp3) is 0. The van der Waals surface area contributed by atoms with Gasteiger partial charge in [0.1, 0.15) is 0 Å². The van der Waals surface area contributed by atoms with E-state index in [0.29, 0.717) is 0 Å². The molecule has 0 aliphatic carbocycles. The van der Waals surface area contributed by atoms with Crippen LogP contribution in [0, 0.1) is 0 Å². The third-order valence-corrected chi connectivity index (χ3v) is 7.92. The first-order valence-electron chi connectivity index (χ1n) is 15.0. The Labute approximate surface area is 259 Å². The van der Waals surface area contributed by atoms with Gasteiger partial charge in [0.2, 0.25) is 0 Å². The highest BCUT2D eigenvalue weighted by Crippen LogP contribution is 2.38. The molecule has 0 amide bonds. The molecular formula is C42H32N2. The van der Waals surface area contributed by atoms with Gasteiger partial charge in [-0.15, -0.1) is 0 Å². The van der Waals surface area contributed by atoms with E-state index in [1.165, 1.54) is 22.3 Å². The predicted octanol–water partition coefficient (Wildman–Crippen LogP) is 11.8. The summed E-state index contributed by atoms with van der Waals surface area (Å²) in [5.41, 5.74) is 13.7. The van der Waals surface area contributed by atoms with Crippen LogP contribution in [-0.4, -0.2) is 0 Å². The van der Waals surface area contributed by atoms with Crippen LogP contribution in [0.5, 0.6) is 0 Å². The highest BCUT2D eigenvalue weighted by Gasteiger charge is 2.12. The number of hydrogen-bond acceptors (Lipinski definition) is 2. The summed E-state index contributed by atoms with van der Waals surface area (Å²) in [6.45, 7) is 0. The Morgan fingerprint density at radius 1 is 0.205 bits per heavy atom. The quantitative estimate of drug-likeness (QED) is 0.192. The zero-order valence-electron chi connectivity index (χ0n) is 24.3. The Kier molecular flexibility index (Phi) is 7.71. The summed E-state index contributed by atoms with van der Waals surface area (Å²) in [6.07, 6.45) is 0. The van der Waals surface area contributed by atoms with E-state index in [-0.39, 0.29) is 0 Å². The highest BCUT2D eigenvalue weighted by molar-refractivity contribution is 5.89. The second-order valence-corrected chi connectivity index (χ2v) is 10.7. The maximum atomic E-state index is 3.73. The Hall–Kier alpha value is -5.86. The molecule has 0 aliphatic rings. The third kappa shape index (κ3) is 5.74. The molecule has 0 aromatic heterocycles. The van der Waals surface area contributed by atoms with Crippen molar-refractivity contribution in [3.05, 3.63) is 182 Å². The SMILES string of the molecule is c1ccc(-c2ccccc2Nc2ccccc2-c2ccc(-c3ccccc3Nc3ccccc3-c3ccccc3)cc2)cc1. The average Bonchev–Trinajstić information content (AvgIpc) is 3.10. The molecule has 0 saturated carbocycles. The van der Waals surface area contributed by atoms with Gasteiger partial charge in [-0.3, -0.25) is 0 Å². The summed E-state index contributed by atoms with van der Waals surface area (Å²) in [5.74, 6) is 0. The molecule has 0 spiro atoms. The Morgan fingerprint density at radius 2 is 0.432 bits per heavy atom. The second-order valence-electron chi connectivity index (χ2n) is 10.7. The van der Waals surface area contributed by atoms with Crippen LogP contribution >= 0.6 is 0 Å². The van der Waals surface area contributed by atoms with Gasteiger partial charge in [0.25, 0.3) is 0 Å². The molecular weight excluding hydrogens is 532 g/mol. The van der Waals surface area contributed by atoms with Crippen LogP contribution in [0.1, 0.15) is 0 Å². The van der Waals surface area contributed by atoms with E-state index in [0.717, 1.165) is 45.0 Å². The summed E-state index contributed by atoms with van der Waals surface area (Å²) < 4.78 is 0. The van der Waals surface area contributed by atoms with Crippen molar-refractivity contribution in [2.24, 2.45) is 0 Å². The zero-order valence-corrected chi connectivity index (χ0v) is 24.3. The third-order valence-electron chi connectivity index (χ3n) is 7.92. The highest BCUT2D eigenvalue weighted by atomic mass is 14.9. The van der Waals surface area contributed by atoms with Gasteiger partial charge in [-0.2, -0.15) is 0 Å². The molecule has 0 aliphatic heterocycles. The maximum absolute atomic E-state index is 3.73. The molecule has 0 saturated heterocycles. The Morgan fingerprint density at radius 3 is 0.727 bits per heavy atom. The van der Waals surface area contributed by atoms with Gasteiger partial charge in [0, 0.05) is 45.0 Å². The number of benzene rings is 7. The average molecular weight is 565 g/mol. The molecule has 44 heavy (non-hydrogen) atoms. The van der Waals surface area contributed by atoms with Crippen molar-refractivity contribution >= 4 is 22.7 Å². The molecule has 0 fully saturated rings. The summed E-state index contributed by atoms with van der Waals surface area (Å²) in [7, 11) is 0. The molecule has 7 aromatic carbocycles. The van der Waals surface area contributed by atoms with E-state index >= 15 is 0 Å². The first kappa shape index (κ1) is 27.0. The summed E-state index contributed by atoms with van der Waals surface area (Å²) in [4.78, 5) is 0. The van der Waals surface area contributed by atoms with Crippen molar-refractivity contribution in [3.63, 3.8) is 0 Å². The molecule has 0 bridgehead atoms. The van der Waals surface area contributed by atoms with Crippen molar-refractivity contribution in [3.8, 4) is 44.5 Å². The molecule has 0 heterocycles. The molecule has 7 aromatic rings. The van der Waals surface area contributed by atoms with Crippen LogP contribution in [0.15, 0.2) is 182 Å². The minimum absolute atomic E-state index is 1.07. The zero-order chi connectivity index (χ0) is 29.6. The molecule has 0 radical (unpaired) electrons. The van der Waals surface area contributed by atoms with Gasteiger partial charge in [-0.05, 0) is 46.5 Å². The van der Waals surface area contributed by atoms with E-state index in [4.69, 9.17) is 0 Å². The Bertz CT molecular complexity index is 1850. The van der Waals surface area contributed by atoms with Gasteiger partial charge in [-0.25, -0.2) is 0 Å². The largest absolute Gasteiger partial charge is 0.355 e. The summed E-state index contributed by atoms with van der Waals surface area (Å²) >= 11 is 0. The first-order valence-corrected chi connectivity index (χ1v) is 15.0. The number of nitrogens with one attached hydrogen (secondary N) is 2. The molecule has 210 valence electrons. The molecule has 2 heteroatoms. The van der Waals surface area contributed by atoms with E-state index in [2.05, 4.69) is 193 Å². The van der Waals surface area contributed by atoms with Crippen LogP contribution < -0.4 is 10.6 Å². The van der Waals surface area contributed by atoms with Gasteiger partial charge in [-0.1, -0.05) is 158 Å². The van der Waals surface area contributed by atoms with Crippen LogP contribution in [0.2, 0.25) is 0 Å². The molecule has 2 nitrogen and oxygen atoms in total. The van der Waals surface area contributed by atoms with Gasteiger partial charge in [0.05, 0.1) is 0 Å². The molecule has 0 atom stereocenters. The fourth-order valence-corrected chi connectivity index (χ4v) is 5.73. The molecule has 7 rings (SSSR count). The summed E-state index contributed by atoms with van der Waals surface area (Å²) in [5, 5.41) is 7.46. The van der Waals surface area contributed by atoms with Crippen LogP contribution in [0.4, 0.5) is 22.7 Å². The lowest BCUT2D eigenvalue weighted by molar-refractivity contribution is 1.51. The topological polar surface area (TPSA) is 24.1 Å². The van der Waals surface area contributed by atoms with Crippen LogP contribution in [0.25, 0.3) is 44.5 Å². The van der Waals surface area contributed by atoms with Crippen molar-refractivity contribution in [2.45, 2.75) is 0 Å². The van der Waals surface area contributed by atoms with Crippen molar-refractivity contribution in [1.29, 1.82) is 0 Å². The predicted molar refractivity (Wildman–Crippen MR) is 188 cm³/mol. The monoisotopic (exact) mass is 564 g/mol. The molecule has 0 unspecified atom stereocenters. The van der Waals surface area contributed by atoms with Gasteiger partial charge < -0.3 is 10.6 Å². The maximum Gasteiger partial charge on any atom is 0.0464 e. The van der Waals surface area contributed by atoms with E-state index in [9.17, 15) is 0 Å². The minimum atomic E-state index is 1.07. The standard InChI is InChI=1S/C42H32N2/c1-3-15-31(16-4-1)35-19-7-11-23-39(35)43-41-25-13-9-21-37(41)33-27-29-34(30-28-33)38-22-10-14-26-42(38)44-40-24-12-8-20-36(40)32-17-5-2-6-18-32/h1-30,43-44H. The first-order chi connectivity index (χ1) is 21.8.